The van der Waals surface area contributed by atoms with E-state index in [1.54, 1.807) is 0 Å². The standard InChI is InChI=1S/C25H34N4O/c1-18-8-6-7-11-22(18)24-23-17-28(16-21-12-13-26-27(21)2)14-20(23)15-29(24)25(30)19-9-4-3-5-10-19/h6-8,11-13,19-20,23-24H,3-5,9-10,14-17H2,1-2H3/t20-,23-,24+/m0/s1. The van der Waals surface area contributed by atoms with Gasteiger partial charge in [0.15, 0.2) is 0 Å². The van der Waals surface area contributed by atoms with Crippen molar-refractivity contribution in [2.75, 3.05) is 19.6 Å². The van der Waals surface area contributed by atoms with Gasteiger partial charge >= 0.3 is 0 Å². The zero-order valence-electron chi connectivity index (χ0n) is 18.3. The van der Waals surface area contributed by atoms with E-state index in [1.807, 2.05) is 17.9 Å². The van der Waals surface area contributed by atoms with Crippen LogP contribution < -0.4 is 0 Å². The summed E-state index contributed by atoms with van der Waals surface area (Å²) in [6.07, 6.45) is 7.76. The molecule has 1 amide bonds. The van der Waals surface area contributed by atoms with Gasteiger partial charge in [0.2, 0.25) is 5.91 Å². The normalized spacial score (nSPS) is 27.5. The summed E-state index contributed by atoms with van der Waals surface area (Å²) in [7, 11) is 2.02. The molecule has 0 N–H and O–H groups in total. The lowest BCUT2D eigenvalue weighted by atomic mass is 9.86. The third-order valence-corrected chi connectivity index (χ3v) is 7.79. The Morgan fingerprint density at radius 2 is 1.87 bits per heavy atom. The van der Waals surface area contributed by atoms with E-state index in [4.69, 9.17) is 0 Å². The van der Waals surface area contributed by atoms with Crippen LogP contribution in [0.5, 0.6) is 0 Å². The molecule has 5 nitrogen and oxygen atoms in total. The highest BCUT2D eigenvalue weighted by molar-refractivity contribution is 5.80. The minimum Gasteiger partial charge on any atom is -0.335 e. The third-order valence-electron chi connectivity index (χ3n) is 7.79. The van der Waals surface area contributed by atoms with Crippen molar-refractivity contribution in [1.29, 1.82) is 0 Å². The van der Waals surface area contributed by atoms with Crippen LogP contribution in [-0.2, 0) is 18.4 Å². The average Bonchev–Trinajstić information content (AvgIpc) is 3.44. The number of benzene rings is 1. The maximum atomic E-state index is 13.6. The number of aryl methyl sites for hydroxylation is 2. The summed E-state index contributed by atoms with van der Waals surface area (Å²) >= 11 is 0. The van der Waals surface area contributed by atoms with E-state index >= 15 is 0 Å². The lowest BCUT2D eigenvalue weighted by molar-refractivity contribution is -0.138. The molecule has 0 spiro atoms. The van der Waals surface area contributed by atoms with E-state index in [-0.39, 0.29) is 12.0 Å². The second-order valence-electron chi connectivity index (χ2n) is 9.69. The quantitative estimate of drug-likeness (QED) is 0.772. The zero-order valence-corrected chi connectivity index (χ0v) is 18.3. The summed E-state index contributed by atoms with van der Waals surface area (Å²) in [6.45, 7) is 6.20. The molecule has 0 bridgehead atoms. The zero-order chi connectivity index (χ0) is 20.7. The highest BCUT2D eigenvalue weighted by atomic mass is 16.2. The summed E-state index contributed by atoms with van der Waals surface area (Å²) in [4.78, 5) is 18.5. The molecule has 1 aromatic carbocycles. The first-order chi connectivity index (χ1) is 14.6. The van der Waals surface area contributed by atoms with E-state index in [9.17, 15) is 4.79 Å². The van der Waals surface area contributed by atoms with Gasteiger partial charge in [-0.15, -0.1) is 0 Å². The molecule has 1 aliphatic carbocycles. The van der Waals surface area contributed by atoms with Gasteiger partial charge in [0.05, 0.1) is 11.7 Å². The Labute approximate surface area is 180 Å². The number of aromatic nitrogens is 2. The molecule has 2 aromatic rings. The molecule has 30 heavy (non-hydrogen) atoms. The van der Waals surface area contributed by atoms with Crippen molar-refractivity contribution in [3.8, 4) is 0 Å². The Morgan fingerprint density at radius 3 is 2.60 bits per heavy atom. The smallest absolute Gasteiger partial charge is 0.226 e. The number of rotatable bonds is 4. The molecule has 3 fully saturated rings. The highest BCUT2D eigenvalue weighted by Gasteiger charge is 2.50. The van der Waals surface area contributed by atoms with Crippen LogP contribution in [0.1, 0.15) is 55.0 Å². The minimum absolute atomic E-state index is 0.224. The predicted molar refractivity (Wildman–Crippen MR) is 118 cm³/mol. The molecule has 3 heterocycles. The van der Waals surface area contributed by atoms with E-state index in [1.165, 1.54) is 36.1 Å². The molecule has 2 saturated heterocycles. The molecular formula is C25H34N4O. The molecule has 0 radical (unpaired) electrons. The van der Waals surface area contributed by atoms with E-state index < -0.39 is 0 Å². The largest absolute Gasteiger partial charge is 0.335 e. The number of amides is 1. The van der Waals surface area contributed by atoms with E-state index in [0.29, 0.717) is 17.7 Å². The van der Waals surface area contributed by atoms with Gasteiger partial charge in [-0.05, 0) is 42.9 Å². The molecule has 1 saturated carbocycles. The Bertz CT molecular complexity index is 900. The summed E-state index contributed by atoms with van der Waals surface area (Å²) in [5.41, 5.74) is 3.93. The lowest BCUT2D eigenvalue weighted by Gasteiger charge is -2.34. The second kappa shape index (κ2) is 8.18. The summed E-state index contributed by atoms with van der Waals surface area (Å²) in [5.74, 6) is 1.76. The third kappa shape index (κ3) is 3.58. The number of nitrogens with zero attached hydrogens (tertiary/aromatic N) is 4. The number of fused-ring (bicyclic) bond motifs is 1. The van der Waals surface area contributed by atoms with Crippen molar-refractivity contribution in [2.24, 2.45) is 24.8 Å². The molecular weight excluding hydrogens is 372 g/mol. The highest BCUT2D eigenvalue weighted by Crippen LogP contribution is 2.47. The van der Waals surface area contributed by atoms with Gasteiger partial charge in [0, 0.05) is 51.3 Å². The van der Waals surface area contributed by atoms with Crippen molar-refractivity contribution < 1.29 is 4.79 Å². The fourth-order valence-electron chi connectivity index (χ4n) is 6.18. The van der Waals surface area contributed by atoms with Gasteiger partial charge in [-0.1, -0.05) is 43.5 Å². The molecule has 5 heteroatoms. The Balaban J connectivity index is 1.40. The van der Waals surface area contributed by atoms with Crippen molar-refractivity contribution in [3.05, 3.63) is 53.3 Å². The predicted octanol–water partition coefficient (Wildman–Crippen LogP) is 3.94. The van der Waals surface area contributed by atoms with Crippen LogP contribution in [0.15, 0.2) is 36.5 Å². The number of carbonyl (C=O) groups is 1. The molecule has 2 aliphatic heterocycles. The van der Waals surface area contributed by atoms with Gasteiger partial charge in [-0.2, -0.15) is 5.10 Å². The molecule has 160 valence electrons. The lowest BCUT2D eigenvalue weighted by Crippen LogP contribution is -2.40. The molecule has 0 unspecified atom stereocenters. The summed E-state index contributed by atoms with van der Waals surface area (Å²) in [5, 5.41) is 4.33. The summed E-state index contributed by atoms with van der Waals surface area (Å²) < 4.78 is 1.98. The van der Waals surface area contributed by atoms with E-state index in [2.05, 4.69) is 52.2 Å². The first kappa shape index (κ1) is 19.8. The summed E-state index contributed by atoms with van der Waals surface area (Å²) in [6, 6.07) is 11.1. The molecule has 5 rings (SSSR count). The second-order valence-corrected chi connectivity index (χ2v) is 9.69. The van der Waals surface area contributed by atoms with Gasteiger partial charge in [-0.25, -0.2) is 0 Å². The fourth-order valence-corrected chi connectivity index (χ4v) is 6.18. The van der Waals surface area contributed by atoms with Crippen LogP contribution in [-0.4, -0.2) is 45.1 Å². The van der Waals surface area contributed by atoms with Crippen molar-refractivity contribution in [2.45, 2.75) is 51.6 Å². The maximum Gasteiger partial charge on any atom is 0.226 e. The number of hydrogen-bond donors (Lipinski definition) is 0. The Hall–Kier alpha value is -2.14. The van der Waals surface area contributed by atoms with Crippen LogP contribution in [0.4, 0.5) is 0 Å². The van der Waals surface area contributed by atoms with E-state index in [0.717, 1.165) is 39.0 Å². The molecule has 1 aromatic heterocycles. The number of likely N-dealkylation sites (tertiary alicyclic amines) is 2. The van der Waals surface area contributed by atoms with Crippen LogP contribution in [0, 0.1) is 24.7 Å². The fraction of sp³-hybridized carbons (Fsp3) is 0.600. The number of hydrogen-bond acceptors (Lipinski definition) is 3. The topological polar surface area (TPSA) is 41.4 Å². The van der Waals surface area contributed by atoms with Crippen molar-refractivity contribution >= 4 is 5.91 Å². The van der Waals surface area contributed by atoms with Crippen LogP contribution >= 0.6 is 0 Å². The van der Waals surface area contributed by atoms with Gasteiger partial charge in [-0.3, -0.25) is 14.4 Å². The Kier molecular flexibility index (Phi) is 5.40. The van der Waals surface area contributed by atoms with Crippen molar-refractivity contribution in [1.82, 2.24) is 19.6 Å². The van der Waals surface area contributed by atoms with Gasteiger partial charge in [0.25, 0.3) is 0 Å². The number of carbonyl (C=O) groups excluding carboxylic acids is 1. The molecule has 3 atom stereocenters. The first-order valence-corrected chi connectivity index (χ1v) is 11.7. The first-order valence-electron chi connectivity index (χ1n) is 11.7. The minimum atomic E-state index is 0.224. The monoisotopic (exact) mass is 406 g/mol. The maximum absolute atomic E-state index is 13.6. The van der Waals surface area contributed by atoms with Gasteiger partial charge in [0.1, 0.15) is 0 Å². The van der Waals surface area contributed by atoms with Crippen LogP contribution in [0.3, 0.4) is 0 Å². The van der Waals surface area contributed by atoms with Crippen LogP contribution in [0.2, 0.25) is 0 Å². The van der Waals surface area contributed by atoms with Crippen LogP contribution in [0.25, 0.3) is 0 Å². The van der Waals surface area contributed by atoms with Crippen molar-refractivity contribution in [3.63, 3.8) is 0 Å². The SMILES string of the molecule is Cc1ccccc1[C@@H]1[C@H]2CN(Cc3ccnn3C)C[C@H]2CN1C(=O)C1CCCCC1. The Morgan fingerprint density at radius 1 is 1.07 bits per heavy atom. The van der Waals surface area contributed by atoms with Gasteiger partial charge < -0.3 is 4.90 Å². The average molecular weight is 407 g/mol. The molecule has 3 aliphatic rings.